The third-order valence-corrected chi connectivity index (χ3v) is 9.14. The molecule has 1 N–H and O–H groups in total. The zero-order valence-corrected chi connectivity index (χ0v) is 21.8. The number of likely N-dealkylation sites (N-methyl/N-ethyl adjacent to an activating group) is 1. The monoisotopic (exact) mass is 530 g/mol. The molecule has 1 saturated carbocycles. The highest BCUT2D eigenvalue weighted by Crippen LogP contribution is 2.33. The lowest BCUT2D eigenvalue weighted by atomic mass is 9.88. The largest absolute Gasteiger partial charge is 0.492 e. The van der Waals surface area contributed by atoms with Crippen LogP contribution in [-0.2, 0) is 26.0 Å². The van der Waals surface area contributed by atoms with Gasteiger partial charge in [-0.05, 0) is 43.0 Å². The van der Waals surface area contributed by atoms with Crippen molar-refractivity contribution in [2.45, 2.75) is 48.7 Å². The Labute approximate surface area is 215 Å². The number of benzene rings is 2. The Morgan fingerprint density at radius 2 is 1.81 bits per heavy atom. The van der Waals surface area contributed by atoms with Gasteiger partial charge in [0.1, 0.15) is 22.7 Å². The van der Waals surface area contributed by atoms with Crippen LogP contribution >= 0.6 is 11.8 Å². The predicted molar refractivity (Wildman–Crippen MR) is 139 cm³/mol. The summed E-state index contributed by atoms with van der Waals surface area (Å²) in [5.74, 6) is -0.0903. The number of carbonyl (C=O) groups is 2. The average molecular weight is 531 g/mol. The molecule has 1 fully saturated rings. The summed E-state index contributed by atoms with van der Waals surface area (Å²) in [4.78, 5) is 26.3. The van der Waals surface area contributed by atoms with E-state index in [2.05, 4.69) is 4.40 Å². The molecule has 2 aliphatic rings. The molecule has 0 spiro atoms. The second kappa shape index (κ2) is 11.5. The number of thioether (sulfide) groups is 1. The number of carboxylic acid groups (broad SMARTS) is 1. The van der Waals surface area contributed by atoms with E-state index in [-0.39, 0.29) is 28.2 Å². The van der Waals surface area contributed by atoms with Gasteiger partial charge in [0, 0.05) is 18.5 Å². The Kier molecular flexibility index (Phi) is 8.35. The second-order valence-corrected chi connectivity index (χ2v) is 11.9. The van der Waals surface area contributed by atoms with Gasteiger partial charge in [0.25, 0.3) is 10.0 Å². The second-order valence-electron chi connectivity index (χ2n) is 9.10. The fourth-order valence-electron chi connectivity index (χ4n) is 4.48. The molecule has 1 aliphatic heterocycles. The van der Waals surface area contributed by atoms with Gasteiger partial charge < -0.3 is 14.7 Å². The van der Waals surface area contributed by atoms with Crippen molar-refractivity contribution in [3.05, 3.63) is 59.7 Å². The SMILES string of the molecule is CN(CCOc1ccc(CC(SC2=NS(=O)(=O)c3ccccc32)C(=O)O)cc1)C(=O)C1CCCCC1. The summed E-state index contributed by atoms with van der Waals surface area (Å²) in [6.07, 6.45) is 5.58. The van der Waals surface area contributed by atoms with E-state index in [1.807, 2.05) is 7.05 Å². The number of carboxylic acids is 1. The van der Waals surface area contributed by atoms with Gasteiger partial charge in [-0.2, -0.15) is 12.8 Å². The Hall–Kier alpha value is -2.85. The van der Waals surface area contributed by atoms with Crippen LogP contribution in [0.5, 0.6) is 5.75 Å². The molecule has 1 aliphatic carbocycles. The van der Waals surface area contributed by atoms with E-state index in [1.54, 1.807) is 47.4 Å². The predicted octanol–water partition coefficient (Wildman–Crippen LogP) is 3.98. The molecule has 8 nitrogen and oxygen atoms in total. The van der Waals surface area contributed by atoms with Crippen LogP contribution in [0.15, 0.2) is 57.8 Å². The molecule has 1 amide bonds. The van der Waals surface area contributed by atoms with Gasteiger partial charge in [-0.1, -0.05) is 61.4 Å². The minimum atomic E-state index is -3.80. The zero-order valence-electron chi connectivity index (χ0n) is 20.1. The first-order chi connectivity index (χ1) is 17.2. The summed E-state index contributed by atoms with van der Waals surface area (Å²) in [6, 6.07) is 13.6. The summed E-state index contributed by atoms with van der Waals surface area (Å²) in [5, 5.41) is 9.05. The van der Waals surface area contributed by atoms with Crippen LogP contribution < -0.4 is 4.74 Å². The number of nitrogens with zero attached hydrogens (tertiary/aromatic N) is 2. The minimum Gasteiger partial charge on any atom is -0.492 e. The topological polar surface area (TPSA) is 113 Å². The van der Waals surface area contributed by atoms with Crippen LogP contribution in [0.3, 0.4) is 0 Å². The summed E-state index contributed by atoms with van der Waals surface area (Å²) in [5.41, 5.74) is 1.21. The maximum atomic E-state index is 12.5. The van der Waals surface area contributed by atoms with Crippen molar-refractivity contribution in [3.63, 3.8) is 0 Å². The molecule has 192 valence electrons. The van der Waals surface area contributed by atoms with Gasteiger partial charge in [-0.15, -0.1) is 0 Å². The number of amides is 1. The molecule has 0 saturated heterocycles. The number of rotatable bonds is 9. The first-order valence-electron chi connectivity index (χ1n) is 12.0. The van der Waals surface area contributed by atoms with E-state index in [9.17, 15) is 23.1 Å². The van der Waals surface area contributed by atoms with Crippen LogP contribution in [0.2, 0.25) is 0 Å². The standard InChI is InChI=1S/C26H30N2O6S2/c1-28(25(29)19-7-3-2-4-8-19)15-16-34-20-13-11-18(12-14-20)17-22(26(30)31)35-24-21-9-5-6-10-23(21)36(32,33)27-24/h5-6,9-14,19,22H,2-4,7-8,15-17H2,1H3,(H,30,31). The highest BCUT2D eigenvalue weighted by atomic mass is 32.2. The molecule has 2 aromatic carbocycles. The lowest BCUT2D eigenvalue weighted by molar-refractivity contribution is -0.136. The molecule has 1 heterocycles. The summed E-state index contributed by atoms with van der Waals surface area (Å²) in [7, 11) is -1.99. The van der Waals surface area contributed by atoms with E-state index in [0.29, 0.717) is 24.5 Å². The number of hydrogen-bond donors (Lipinski definition) is 1. The average Bonchev–Trinajstić information content (AvgIpc) is 3.14. The molecule has 36 heavy (non-hydrogen) atoms. The van der Waals surface area contributed by atoms with Gasteiger partial charge in [-0.25, -0.2) is 0 Å². The smallest absolute Gasteiger partial charge is 0.317 e. The summed E-state index contributed by atoms with van der Waals surface area (Å²) < 4.78 is 34.1. The van der Waals surface area contributed by atoms with Crippen molar-refractivity contribution in [1.29, 1.82) is 0 Å². The Morgan fingerprint density at radius 3 is 2.50 bits per heavy atom. The molecule has 1 unspecified atom stereocenters. The van der Waals surface area contributed by atoms with E-state index in [0.717, 1.165) is 43.0 Å². The number of aliphatic carboxylic acids is 1. The van der Waals surface area contributed by atoms with Crippen molar-refractivity contribution >= 4 is 38.7 Å². The molecule has 10 heteroatoms. The Balaban J connectivity index is 1.31. The van der Waals surface area contributed by atoms with Gasteiger partial charge in [-0.3, -0.25) is 9.59 Å². The minimum absolute atomic E-state index is 0.101. The van der Waals surface area contributed by atoms with Crippen molar-refractivity contribution in [3.8, 4) is 5.75 Å². The molecule has 0 aromatic heterocycles. The Morgan fingerprint density at radius 1 is 1.11 bits per heavy atom. The highest BCUT2D eigenvalue weighted by molar-refractivity contribution is 8.16. The highest BCUT2D eigenvalue weighted by Gasteiger charge is 2.32. The maximum absolute atomic E-state index is 12.5. The normalized spacial score (nSPS) is 17.6. The van der Waals surface area contributed by atoms with E-state index < -0.39 is 21.2 Å². The van der Waals surface area contributed by atoms with E-state index >= 15 is 0 Å². The Bertz CT molecular complexity index is 1240. The van der Waals surface area contributed by atoms with Crippen LogP contribution in [-0.4, -0.2) is 60.8 Å². The van der Waals surface area contributed by atoms with Crippen LogP contribution in [0, 0.1) is 5.92 Å². The molecule has 0 bridgehead atoms. The quantitative estimate of drug-likeness (QED) is 0.522. The third-order valence-electron chi connectivity index (χ3n) is 6.50. The number of sulfonamides is 1. The molecule has 4 rings (SSSR count). The lowest BCUT2D eigenvalue weighted by Gasteiger charge is -2.26. The van der Waals surface area contributed by atoms with E-state index in [4.69, 9.17) is 4.74 Å². The molecular weight excluding hydrogens is 500 g/mol. The summed E-state index contributed by atoms with van der Waals surface area (Å²) in [6.45, 7) is 0.872. The first-order valence-corrected chi connectivity index (χ1v) is 14.4. The fraction of sp³-hybridized carbons (Fsp3) is 0.423. The maximum Gasteiger partial charge on any atom is 0.317 e. The van der Waals surface area contributed by atoms with Crippen molar-refractivity contribution in [1.82, 2.24) is 4.90 Å². The van der Waals surface area contributed by atoms with Gasteiger partial charge in [0.15, 0.2) is 0 Å². The fourth-order valence-corrected chi connectivity index (χ4v) is 7.07. The van der Waals surface area contributed by atoms with Crippen molar-refractivity contribution in [2.75, 3.05) is 20.2 Å². The molecule has 0 radical (unpaired) electrons. The van der Waals surface area contributed by atoms with Crippen molar-refractivity contribution in [2.24, 2.45) is 10.3 Å². The first kappa shape index (κ1) is 26.2. The van der Waals surface area contributed by atoms with Gasteiger partial charge in [0.05, 0.1) is 11.4 Å². The van der Waals surface area contributed by atoms with Crippen LogP contribution in [0.4, 0.5) is 0 Å². The number of fused-ring (bicyclic) bond motifs is 1. The van der Waals surface area contributed by atoms with Gasteiger partial charge in [0.2, 0.25) is 5.91 Å². The number of hydrogen-bond acceptors (Lipinski definition) is 6. The van der Waals surface area contributed by atoms with Crippen LogP contribution in [0.1, 0.15) is 43.2 Å². The number of ether oxygens (including phenoxy) is 1. The zero-order chi connectivity index (χ0) is 25.7. The van der Waals surface area contributed by atoms with Gasteiger partial charge >= 0.3 is 5.97 Å². The molecular formula is C26H30N2O6S2. The lowest BCUT2D eigenvalue weighted by Crippen LogP contribution is -2.36. The third kappa shape index (κ3) is 6.28. The molecule has 1 atom stereocenters. The van der Waals surface area contributed by atoms with Crippen molar-refractivity contribution < 1.29 is 27.9 Å². The van der Waals surface area contributed by atoms with Crippen LogP contribution in [0.25, 0.3) is 0 Å². The molecule has 2 aromatic rings. The van der Waals surface area contributed by atoms with E-state index in [1.165, 1.54) is 12.5 Å². The summed E-state index contributed by atoms with van der Waals surface area (Å²) >= 11 is 0.938. The number of carbonyl (C=O) groups excluding carboxylic acids is 1.